The molecule has 0 aliphatic rings. The van der Waals surface area contributed by atoms with Gasteiger partial charge in [0.05, 0.1) is 12.7 Å². The predicted octanol–water partition coefficient (Wildman–Crippen LogP) is 3.26. The molecule has 0 saturated carbocycles. The summed E-state index contributed by atoms with van der Waals surface area (Å²) >= 11 is 0. The van der Waals surface area contributed by atoms with Gasteiger partial charge in [0, 0.05) is 18.4 Å². The summed E-state index contributed by atoms with van der Waals surface area (Å²) in [5, 5.41) is 11.9. The zero-order valence-electron chi connectivity index (χ0n) is 12.2. The zero-order valence-corrected chi connectivity index (χ0v) is 12.2. The average molecular weight is 260 g/mol. The molecule has 0 aromatic heterocycles. The first kappa shape index (κ1) is 15.5. The molecule has 1 aromatic carbocycles. The maximum atomic E-state index is 8.48. The number of nitrogens with zero attached hydrogens (tertiary/aromatic N) is 1. The molecular formula is C16H24N2O. The molecule has 0 aliphatic heterocycles. The van der Waals surface area contributed by atoms with Crippen molar-refractivity contribution in [3.63, 3.8) is 0 Å². The second kappa shape index (κ2) is 7.81. The Kier molecular flexibility index (Phi) is 6.38. The fraction of sp³-hybridized carbons (Fsp3) is 0.562. The Hall–Kier alpha value is -1.53. The van der Waals surface area contributed by atoms with Crippen LogP contribution in [0.4, 0.5) is 0 Å². The number of ether oxygens (including phenoxy) is 1. The first-order valence-electron chi connectivity index (χ1n) is 6.91. The summed E-state index contributed by atoms with van der Waals surface area (Å²) in [6.45, 7) is 8.94. The molecule has 0 saturated heterocycles. The highest BCUT2D eigenvalue weighted by Gasteiger charge is 2.19. The Morgan fingerprint density at radius 2 is 1.95 bits per heavy atom. The van der Waals surface area contributed by atoms with Gasteiger partial charge in [-0.25, -0.2) is 0 Å². The third-order valence-electron chi connectivity index (χ3n) is 3.16. The van der Waals surface area contributed by atoms with E-state index in [4.69, 9.17) is 10.00 Å². The topological polar surface area (TPSA) is 45.0 Å². The molecule has 0 bridgehead atoms. The Balaban J connectivity index is 2.49. The van der Waals surface area contributed by atoms with E-state index in [0.29, 0.717) is 13.0 Å². The fourth-order valence-corrected chi connectivity index (χ4v) is 1.96. The van der Waals surface area contributed by atoms with Gasteiger partial charge in [-0.1, -0.05) is 26.0 Å². The molecule has 0 aliphatic carbocycles. The van der Waals surface area contributed by atoms with Gasteiger partial charge in [0.25, 0.3) is 0 Å². The standard InChI is InChI=1S/C16H24N2O/c1-4-19-15-9-7-14(8-10-15)16(2,3)13-18-12-6-5-11-17/h7-10,18H,4-6,12-13H2,1-3H3. The van der Waals surface area contributed by atoms with Crippen LogP contribution in [0, 0.1) is 11.3 Å². The summed E-state index contributed by atoms with van der Waals surface area (Å²) in [5.74, 6) is 0.920. The summed E-state index contributed by atoms with van der Waals surface area (Å²) in [4.78, 5) is 0. The van der Waals surface area contributed by atoms with Crippen molar-refractivity contribution in [3.8, 4) is 11.8 Å². The van der Waals surface area contributed by atoms with Crippen LogP contribution >= 0.6 is 0 Å². The number of hydrogen-bond acceptors (Lipinski definition) is 3. The molecular weight excluding hydrogens is 236 g/mol. The van der Waals surface area contributed by atoms with E-state index < -0.39 is 0 Å². The summed E-state index contributed by atoms with van der Waals surface area (Å²) in [7, 11) is 0. The van der Waals surface area contributed by atoms with Gasteiger partial charge in [-0.05, 0) is 37.6 Å². The number of nitriles is 1. The van der Waals surface area contributed by atoms with E-state index in [1.807, 2.05) is 19.1 Å². The maximum Gasteiger partial charge on any atom is 0.119 e. The van der Waals surface area contributed by atoms with Crippen molar-refractivity contribution in [2.75, 3.05) is 19.7 Å². The molecule has 0 heterocycles. The number of unbranched alkanes of at least 4 members (excludes halogenated alkanes) is 1. The Labute approximate surface area is 116 Å². The molecule has 0 atom stereocenters. The third-order valence-corrected chi connectivity index (χ3v) is 3.16. The summed E-state index contributed by atoms with van der Waals surface area (Å²) in [6.07, 6.45) is 1.53. The van der Waals surface area contributed by atoms with Crippen LogP contribution in [0.3, 0.4) is 0 Å². The fourth-order valence-electron chi connectivity index (χ4n) is 1.96. The highest BCUT2D eigenvalue weighted by molar-refractivity contribution is 5.31. The average Bonchev–Trinajstić information content (AvgIpc) is 2.39. The van der Waals surface area contributed by atoms with E-state index in [1.165, 1.54) is 5.56 Å². The first-order chi connectivity index (χ1) is 9.10. The minimum atomic E-state index is 0.0807. The monoisotopic (exact) mass is 260 g/mol. The van der Waals surface area contributed by atoms with Crippen molar-refractivity contribution in [3.05, 3.63) is 29.8 Å². The Bertz CT molecular complexity index is 404. The zero-order chi connectivity index (χ0) is 14.1. The van der Waals surface area contributed by atoms with Gasteiger partial charge in [-0.2, -0.15) is 5.26 Å². The quantitative estimate of drug-likeness (QED) is 0.730. The summed E-state index contributed by atoms with van der Waals surface area (Å²) in [6, 6.07) is 10.5. The van der Waals surface area contributed by atoms with E-state index in [2.05, 4.69) is 37.4 Å². The van der Waals surface area contributed by atoms with Gasteiger partial charge in [0.2, 0.25) is 0 Å². The van der Waals surface area contributed by atoms with Crippen molar-refractivity contribution in [1.82, 2.24) is 5.32 Å². The lowest BCUT2D eigenvalue weighted by Gasteiger charge is -2.26. The number of benzene rings is 1. The second-order valence-corrected chi connectivity index (χ2v) is 5.28. The molecule has 0 unspecified atom stereocenters. The van der Waals surface area contributed by atoms with E-state index in [9.17, 15) is 0 Å². The van der Waals surface area contributed by atoms with Crippen LogP contribution in [0.15, 0.2) is 24.3 Å². The molecule has 3 heteroatoms. The Morgan fingerprint density at radius 1 is 1.26 bits per heavy atom. The largest absolute Gasteiger partial charge is 0.494 e. The highest BCUT2D eigenvalue weighted by Crippen LogP contribution is 2.24. The van der Waals surface area contributed by atoms with Gasteiger partial charge in [-0.3, -0.25) is 0 Å². The molecule has 1 N–H and O–H groups in total. The lowest BCUT2D eigenvalue weighted by atomic mass is 9.84. The van der Waals surface area contributed by atoms with Gasteiger partial charge in [0.15, 0.2) is 0 Å². The van der Waals surface area contributed by atoms with Crippen molar-refractivity contribution in [2.45, 2.75) is 39.0 Å². The van der Waals surface area contributed by atoms with Crippen LogP contribution in [0.2, 0.25) is 0 Å². The van der Waals surface area contributed by atoms with Crippen molar-refractivity contribution in [2.24, 2.45) is 0 Å². The van der Waals surface area contributed by atoms with Crippen LogP contribution in [-0.4, -0.2) is 19.7 Å². The molecule has 0 fully saturated rings. The maximum absolute atomic E-state index is 8.48. The van der Waals surface area contributed by atoms with Gasteiger partial charge < -0.3 is 10.1 Å². The van der Waals surface area contributed by atoms with Crippen molar-refractivity contribution < 1.29 is 4.74 Å². The minimum Gasteiger partial charge on any atom is -0.494 e. The minimum absolute atomic E-state index is 0.0807. The lowest BCUT2D eigenvalue weighted by molar-refractivity contribution is 0.340. The van der Waals surface area contributed by atoms with Gasteiger partial charge in [0.1, 0.15) is 5.75 Å². The van der Waals surface area contributed by atoms with Crippen LogP contribution in [0.25, 0.3) is 0 Å². The molecule has 104 valence electrons. The predicted molar refractivity (Wildman–Crippen MR) is 78.4 cm³/mol. The molecule has 1 rings (SSSR count). The normalized spacial score (nSPS) is 11.1. The molecule has 0 amide bonds. The summed E-state index contributed by atoms with van der Waals surface area (Å²) in [5.41, 5.74) is 1.38. The Morgan fingerprint density at radius 3 is 2.53 bits per heavy atom. The van der Waals surface area contributed by atoms with Crippen LogP contribution in [0.5, 0.6) is 5.75 Å². The van der Waals surface area contributed by atoms with Gasteiger partial charge in [-0.15, -0.1) is 0 Å². The first-order valence-corrected chi connectivity index (χ1v) is 6.91. The molecule has 3 nitrogen and oxygen atoms in total. The third kappa shape index (κ3) is 5.32. The smallest absolute Gasteiger partial charge is 0.119 e. The van der Waals surface area contributed by atoms with Crippen LogP contribution in [0.1, 0.15) is 39.2 Å². The van der Waals surface area contributed by atoms with E-state index in [-0.39, 0.29) is 5.41 Å². The van der Waals surface area contributed by atoms with E-state index in [1.54, 1.807) is 0 Å². The molecule has 0 spiro atoms. The van der Waals surface area contributed by atoms with Crippen molar-refractivity contribution in [1.29, 1.82) is 5.26 Å². The number of nitrogens with one attached hydrogen (secondary N) is 1. The van der Waals surface area contributed by atoms with Crippen LogP contribution in [-0.2, 0) is 5.41 Å². The molecule has 1 aromatic rings. The molecule has 19 heavy (non-hydrogen) atoms. The lowest BCUT2D eigenvalue weighted by Crippen LogP contribution is -2.33. The number of rotatable bonds is 8. The number of hydrogen-bond donors (Lipinski definition) is 1. The SMILES string of the molecule is CCOc1ccc(C(C)(C)CNCCCC#N)cc1. The molecule has 0 radical (unpaired) electrons. The van der Waals surface area contributed by atoms with Crippen molar-refractivity contribution >= 4 is 0 Å². The highest BCUT2D eigenvalue weighted by atomic mass is 16.5. The summed E-state index contributed by atoms with van der Waals surface area (Å²) < 4.78 is 5.45. The van der Waals surface area contributed by atoms with Gasteiger partial charge >= 0.3 is 0 Å². The van der Waals surface area contributed by atoms with E-state index >= 15 is 0 Å². The second-order valence-electron chi connectivity index (χ2n) is 5.28. The van der Waals surface area contributed by atoms with E-state index in [0.717, 1.165) is 25.3 Å². The van der Waals surface area contributed by atoms with Crippen LogP contribution < -0.4 is 10.1 Å².